The van der Waals surface area contributed by atoms with Crippen molar-refractivity contribution in [1.82, 2.24) is 4.90 Å². The third-order valence-electron chi connectivity index (χ3n) is 6.25. The van der Waals surface area contributed by atoms with Crippen molar-refractivity contribution in [3.63, 3.8) is 0 Å². The second kappa shape index (κ2) is 8.86. The van der Waals surface area contributed by atoms with Crippen LogP contribution in [0.15, 0.2) is 24.3 Å². The predicted octanol–water partition coefficient (Wildman–Crippen LogP) is 4.78. The molecule has 6 heteroatoms. The maximum absolute atomic E-state index is 14.0. The summed E-state index contributed by atoms with van der Waals surface area (Å²) >= 11 is 0. The molecule has 3 rings (SSSR count). The van der Waals surface area contributed by atoms with Gasteiger partial charge in [-0.05, 0) is 48.5 Å². The average molecular weight is 421 g/mol. The summed E-state index contributed by atoms with van der Waals surface area (Å²) in [5, 5.41) is 9.91. The molecule has 0 aromatic heterocycles. The standard InChI is InChI=1S/C23H35FNO3Si/c1-23(2,3)21(28-29(4)5)19-14-25(20(22(26)27)11-15-9-10-15)13-18(19)16-7-6-8-17(24)12-16/h6-8,12,15,18-21H,9-11,13-14H2,1-5H3,(H,26,27)/t18-,19+,20-,21?/m1/s1. The second-order valence-electron chi connectivity index (χ2n) is 10.1. The number of nitrogens with zero attached hydrogens (tertiary/aromatic N) is 1. The smallest absolute Gasteiger partial charge is 0.320 e. The molecule has 1 saturated heterocycles. The average Bonchev–Trinajstić information content (AvgIpc) is 3.33. The Labute approximate surface area is 176 Å². The minimum absolute atomic E-state index is 0.0000242. The lowest BCUT2D eigenvalue weighted by atomic mass is 9.75. The first-order valence-corrected chi connectivity index (χ1v) is 13.2. The van der Waals surface area contributed by atoms with Crippen LogP contribution in [-0.4, -0.2) is 50.3 Å². The molecule has 4 nitrogen and oxygen atoms in total. The van der Waals surface area contributed by atoms with Gasteiger partial charge in [-0.2, -0.15) is 0 Å². The van der Waals surface area contributed by atoms with Gasteiger partial charge in [0.1, 0.15) is 11.9 Å². The van der Waals surface area contributed by atoms with E-state index in [1.807, 2.05) is 6.07 Å². The molecule has 1 saturated carbocycles. The zero-order chi connectivity index (χ0) is 21.3. The number of likely N-dealkylation sites (tertiary alicyclic amines) is 1. The molecule has 0 spiro atoms. The molecule has 0 amide bonds. The Hall–Kier alpha value is -1.24. The van der Waals surface area contributed by atoms with Gasteiger partial charge in [0, 0.05) is 24.9 Å². The van der Waals surface area contributed by atoms with E-state index in [9.17, 15) is 14.3 Å². The molecule has 1 radical (unpaired) electrons. The van der Waals surface area contributed by atoms with Gasteiger partial charge in [-0.1, -0.05) is 45.7 Å². The van der Waals surface area contributed by atoms with Gasteiger partial charge in [-0.3, -0.25) is 9.69 Å². The largest absolute Gasteiger partial charge is 0.480 e. The van der Waals surface area contributed by atoms with Crippen molar-refractivity contribution in [2.24, 2.45) is 17.3 Å². The molecule has 1 aromatic rings. The zero-order valence-corrected chi connectivity index (χ0v) is 19.3. The van der Waals surface area contributed by atoms with E-state index in [-0.39, 0.29) is 29.2 Å². The molecule has 2 fully saturated rings. The van der Waals surface area contributed by atoms with E-state index in [0.29, 0.717) is 19.0 Å². The minimum Gasteiger partial charge on any atom is -0.480 e. The number of hydrogen-bond acceptors (Lipinski definition) is 3. The Morgan fingerprint density at radius 2 is 2.00 bits per heavy atom. The Bertz CT molecular complexity index is 716. The van der Waals surface area contributed by atoms with E-state index in [1.54, 1.807) is 12.1 Å². The molecule has 1 aliphatic carbocycles. The summed E-state index contributed by atoms with van der Waals surface area (Å²) in [5.41, 5.74) is 0.871. The first-order valence-electron chi connectivity index (χ1n) is 10.8. The molecule has 1 aromatic carbocycles. The van der Waals surface area contributed by atoms with Crippen LogP contribution in [0.5, 0.6) is 0 Å². The lowest BCUT2D eigenvalue weighted by Crippen LogP contribution is -2.44. The van der Waals surface area contributed by atoms with E-state index in [0.717, 1.165) is 24.8 Å². The Morgan fingerprint density at radius 3 is 2.52 bits per heavy atom. The molecule has 2 aliphatic rings. The molecule has 1 unspecified atom stereocenters. The summed E-state index contributed by atoms with van der Waals surface area (Å²) in [4.78, 5) is 14.2. The highest BCUT2D eigenvalue weighted by atomic mass is 28.3. The molecule has 161 valence electrons. The monoisotopic (exact) mass is 420 g/mol. The minimum atomic E-state index is -0.936. The van der Waals surface area contributed by atoms with Gasteiger partial charge in [-0.25, -0.2) is 4.39 Å². The van der Waals surface area contributed by atoms with E-state index < -0.39 is 21.1 Å². The van der Waals surface area contributed by atoms with E-state index in [1.165, 1.54) is 6.07 Å². The molecular weight excluding hydrogens is 385 g/mol. The van der Waals surface area contributed by atoms with Crippen LogP contribution in [0.25, 0.3) is 0 Å². The van der Waals surface area contributed by atoms with Crippen LogP contribution in [-0.2, 0) is 9.22 Å². The second-order valence-corrected chi connectivity index (χ2v) is 12.2. The summed E-state index contributed by atoms with van der Waals surface area (Å²) in [5.74, 6) is -0.232. The number of halogens is 1. The van der Waals surface area contributed by atoms with Crippen molar-refractivity contribution >= 4 is 15.0 Å². The summed E-state index contributed by atoms with van der Waals surface area (Å²) in [6.07, 6.45) is 2.99. The number of carboxylic acid groups (broad SMARTS) is 1. The Morgan fingerprint density at radius 1 is 1.31 bits per heavy atom. The third kappa shape index (κ3) is 5.67. The molecule has 1 N–H and O–H groups in total. The molecule has 1 aliphatic heterocycles. The first-order chi connectivity index (χ1) is 13.6. The molecule has 0 bridgehead atoms. The van der Waals surface area contributed by atoms with Crippen LogP contribution in [0.2, 0.25) is 13.1 Å². The summed E-state index contributed by atoms with van der Waals surface area (Å²) in [7, 11) is -0.936. The van der Waals surface area contributed by atoms with Crippen LogP contribution < -0.4 is 0 Å². The van der Waals surface area contributed by atoms with E-state index >= 15 is 0 Å². The van der Waals surface area contributed by atoms with Crippen LogP contribution in [0.1, 0.15) is 51.5 Å². The fourth-order valence-corrected chi connectivity index (χ4v) is 5.78. The van der Waals surface area contributed by atoms with Crippen molar-refractivity contribution in [3.05, 3.63) is 35.6 Å². The number of benzene rings is 1. The van der Waals surface area contributed by atoms with Gasteiger partial charge in [0.25, 0.3) is 0 Å². The maximum Gasteiger partial charge on any atom is 0.320 e. The van der Waals surface area contributed by atoms with Crippen LogP contribution >= 0.6 is 0 Å². The SMILES string of the molecule is C[Si](C)OC([C@H]1CN([C@H](CC2CC2)C(=O)O)C[C@@H]1c1cccc(F)c1)C(C)(C)C. The number of carboxylic acids is 1. The molecule has 29 heavy (non-hydrogen) atoms. The lowest BCUT2D eigenvalue weighted by molar-refractivity contribution is -0.143. The molecule has 1 heterocycles. The highest BCUT2D eigenvalue weighted by molar-refractivity contribution is 6.48. The van der Waals surface area contributed by atoms with Gasteiger partial charge in [0.15, 0.2) is 0 Å². The van der Waals surface area contributed by atoms with Gasteiger partial charge >= 0.3 is 5.97 Å². The Kier molecular flexibility index (Phi) is 6.86. The summed E-state index contributed by atoms with van der Waals surface area (Å²) < 4.78 is 20.5. The van der Waals surface area contributed by atoms with Gasteiger partial charge in [0.2, 0.25) is 9.04 Å². The van der Waals surface area contributed by atoms with Crippen LogP contribution in [0, 0.1) is 23.1 Å². The predicted molar refractivity (Wildman–Crippen MR) is 115 cm³/mol. The molecular formula is C23H35FNO3Si. The number of hydrogen-bond donors (Lipinski definition) is 1. The topological polar surface area (TPSA) is 49.8 Å². The quantitative estimate of drug-likeness (QED) is 0.615. The Balaban J connectivity index is 1.93. The van der Waals surface area contributed by atoms with Crippen molar-refractivity contribution in [2.75, 3.05) is 13.1 Å². The highest BCUT2D eigenvalue weighted by Crippen LogP contribution is 2.44. The van der Waals surface area contributed by atoms with Crippen molar-refractivity contribution in [2.45, 2.75) is 71.2 Å². The highest BCUT2D eigenvalue weighted by Gasteiger charge is 2.47. The normalized spacial score (nSPS) is 25.3. The van der Waals surface area contributed by atoms with Gasteiger partial charge in [0.05, 0.1) is 6.10 Å². The summed E-state index contributed by atoms with van der Waals surface area (Å²) in [6.45, 7) is 12.2. The van der Waals surface area contributed by atoms with Crippen LogP contribution in [0.3, 0.4) is 0 Å². The van der Waals surface area contributed by atoms with E-state index in [4.69, 9.17) is 4.43 Å². The first kappa shape index (κ1) is 22.4. The van der Waals surface area contributed by atoms with Crippen LogP contribution in [0.4, 0.5) is 4.39 Å². The number of rotatable bonds is 8. The number of carbonyl (C=O) groups is 1. The lowest BCUT2D eigenvalue weighted by Gasteiger charge is -2.39. The van der Waals surface area contributed by atoms with E-state index in [2.05, 4.69) is 38.8 Å². The zero-order valence-electron chi connectivity index (χ0n) is 18.3. The molecule has 4 atom stereocenters. The van der Waals surface area contributed by atoms with Gasteiger partial charge < -0.3 is 9.53 Å². The maximum atomic E-state index is 14.0. The fraction of sp³-hybridized carbons (Fsp3) is 0.696. The van der Waals surface area contributed by atoms with Crippen molar-refractivity contribution in [1.29, 1.82) is 0 Å². The number of aliphatic carboxylic acids is 1. The van der Waals surface area contributed by atoms with Crippen molar-refractivity contribution < 1.29 is 18.7 Å². The van der Waals surface area contributed by atoms with Gasteiger partial charge in [-0.15, -0.1) is 0 Å². The third-order valence-corrected chi connectivity index (χ3v) is 6.98. The van der Waals surface area contributed by atoms with Crippen molar-refractivity contribution in [3.8, 4) is 0 Å². The summed E-state index contributed by atoms with van der Waals surface area (Å²) in [6, 6.07) is 6.35. The fourth-order valence-electron chi connectivity index (χ4n) is 4.75.